The molecular formula is C19H12ClNO3S. The van der Waals surface area contributed by atoms with Gasteiger partial charge in [0.15, 0.2) is 12.7 Å². The van der Waals surface area contributed by atoms with E-state index >= 15 is 0 Å². The van der Waals surface area contributed by atoms with Crippen LogP contribution in [0.25, 0.3) is 21.2 Å². The maximum absolute atomic E-state index is 12.0. The molecule has 4 aromatic rings. The highest BCUT2D eigenvalue weighted by atomic mass is 35.5. The SMILES string of the molecule is O=C(Cc1cc2cc(-c3ccc(Cl)cc3)ccc2s1)Oc1cocn1. The molecule has 0 spiro atoms. The molecule has 25 heavy (non-hydrogen) atoms. The lowest BCUT2D eigenvalue weighted by Gasteiger charge is -2.01. The van der Waals surface area contributed by atoms with Crippen molar-refractivity contribution in [2.75, 3.05) is 0 Å². The van der Waals surface area contributed by atoms with Crippen molar-refractivity contribution in [3.8, 4) is 17.0 Å². The number of hydrogen-bond donors (Lipinski definition) is 0. The van der Waals surface area contributed by atoms with E-state index in [4.69, 9.17) is 20.8 Å². The average molecular weight is 370 g/mol. The van der Waals surface area contributed by atoms with Crippen molar-refractivity contribution in [1.29, 1.82) is 0 Å². The van der Waals surface area contributed by atoms with Gasteiger partial charge in [-0.05, 0) is 46.8 Å². The number of carbonyl (C=O) groups is 1. The highest BCUT2D eigenvalue weighted by Gasteiger charge is 2.11. The molecule has 0 radical (unpaired) electrons. The number of aromatic nitrogens is 1. The lowest BCUT2D eigenvalue weighted by Crippen LogP contribution is -2.10. The third-order valence-corrected chi connectivity index (χ3v) is 5.06. The van der Waals surface area contributed by atoms with Crippen LogP contribution in [0.5, 0.6) is 5.88 Å². The van der Waals surface area contributed by atoms with Crippen LogP contribution in [0.15, 0.2) is 65.6 Å². The van der Waals surface area contributed by atoms with Crippen molar-refractivity contribution >= 4 is 39.0 Å². The van der Waals surface area contributed by atoms with Gasteiger partial charge in [-0.15, -0.1) is 11.3 Å². The number of fused-ring (bicyclic) bond motifs is 1. The van der Waals surface area contributed by atoms with Crippen LogP contribution in [0.4, 0.5) is 0 Å². The summed E-state index contributed by atoms with van der Waals surface area (Å²) in [5, 5.41) is 1.81. The number of ether oxygens (including phenoxy) is 1. The number of hydrogen-bond acceptors (Lipinski definition) is 5. The Hall–Kier alpha value is -2.63. The first-order chi connectivity index (χ1) is 12.2. The summed E-state index contributed by atoms with van der Waals surface area (Å²) in [6.45, 7) is 0. The Bertz CT molecular complexity index is 1020. The lowest BCUT2D eigenvalue weighted by molar-refractivity contribution is -0.133. The zero-order chi connectivity index (χ0) is 17.2. The molecule has 4 rings (SSSR count). The van der Waals surface area contributed by atoms with Crippen LogP contribution in [0.3, 0.4) is 0 Å². The minimum Gasteiger partial charge on any atom is -0.448 e. The molecule has 0 unspecified atom stereocenters. The smallest absolute Gasteiger partial charge is 0.317 e. The maximum atomic E-state index is 12.0. The second-order valence-corrected chi connectivity index (χ2v) is 7.05. The number of carbonyl (C=O) groups excluding carboxylic acids is 1. The summed E-state index contributed by atoms with van der Waals surface area (Å²) in [4.78, 5) is 16.7. The molecule has 0 amide bonds. The van der Waals surface area contributed by atoms with E-state index in [2.05, 4.69) is 23.2 Å². The van der Waals surface area contributed by atoms with Crippen LogP contribution in [-0.4, -0.2) is 11.0 Å². The first kappa shape index (κ1) is 15.9. The molecule has 0 saturated heterocycles. The predicted octanol–water partition coefficient (Wildman–Crippen LogP) is 5.36. The minimum atomic E-state index is -0.363. The van der Waals surface area contributed by atoms with Gasteiger partial charge in [0.2, 0.25) is 0 Å². The highest BCUT2D eigenvalue weighted by Crippen LogP contribution is 2.31. The second kappa shape index (κ2) is 6.70. The Balaban J connectivity index is 1.55. The van der Waals surface area contributed by atoms with Crippen molar-refractivity contribution in [2.24, 2.45) is 0 Å². The van der Waals surface area contributed by atoms with Gasteiger partial charge in [-0.25, -0.2) is 0 Å². The molecular weight excluding hydrogens is 358 g/mol. The van der Waals surface area contributed by atoms with Gasteiger partial charge in [-0.2, -0.15) is 4.98 Å². The molecule has 0 N–H and O–H groups in total. The molecule has 124 valence electrons. The standard InChI is InChI=1S/C19H12ClNO3S/c20-15-4-1-12(2-5-15)13-3-6-17-14(7-13)8-16(25-17)9-19(22)24-18-10-23-11-21-18/h1-8,10-11H,9H2. The normalized spacial score (nSPS) is 10.9. The van der Waals surface area contributed by atoms with Crippen molar-refractivity contribution in [2.45, 2.75) is 6.42 Å². The van der Waals surface area contributed by atoms with Gasteiger partial charge in [0, 0.05) is 14.6 Å². The Morgan fingerprint density at radius 3 is 2.68 bits per heavy atom. The fraction of sp³-hybridized carbons (Fsp3) is 0.0526. The molecule has 0 saturated carbocycles. The largest absolute Gasteiger partial charge is 0.448 e. The lowest BCUT2D eigenvalue weighted by atomic mass is 10.0. The maximum Gasteiger partial charge on any atom is 0.317 e. The summed E-state index contributed by atoms with van der Waals surface area (Å²) < 4.78 is 11.0. The van der Waals surface area contributed by atoms with Crippen LogP contribution < -0.4 is 4.74 Å². The van der Waals surface area contributed by atoms with Gasteiger partial charge < -0.3 is 9.15 Å². The van der Waals surface area contributed by atoms with Crippen LogP contribution in [-0.2, 0) is 11.2 Å². The third-order valence-electron chi connectivity index (χ3n) is 3.69. The summed E-state index contributed by atoms with van der Waals surface area (Å²) in [5.74, 6) is -0.186. The first-order valence-corrected chi connectivity index (χ1v) is 8.74. The number of rotatable bonds is 4. The Morgan fingerprint density at radius 2 is 1.92 bits per heavy atom. The second-order valence-electron chi connectivity index (χ2n) is 5.45. The van der Waals surface area contributed by atoms with Crippen molar-refractivity contribution in [1.82, 2.24) is 4.98 Å². The average Bonchev–Trinajstić information content (AvgIpc) is 3.23. The number of oxazole rings is 1. The molecule has 6 heteroatoms. The van der Waals surface area contributed by atoms with Gasteiger partial charge in [-0.3, -0.25) is 4.79 Å². The molecule has 0 aliphatic heterocycles. The Morgan fingerprint density at radius 1 is 1.12 bits per heavy atom. The summed E-state index contributed by atoms with van der Waals surface area (Å²) in [6.07, 6.45) is 2.71. The molecule has 0 fully saturated rings. The fourth-order valence-corrected chi connectivity index (χ4v) is 3.71. The van der Waals surface area contributed by atoms with Crippen LogP contribution in [0.1, 0.15) is 4.88 Å². The topological polar surface area (TPSA) is 52.3 Å². The van der Waals surface area contributed by atoms with E-state index in [1.165, 1.54) is 12.7 Å². The highest BCUT2D eigenvalue weighted by molar-refractivity contribution is 7.19. The van der Waals surface area contributed by atoms with E-state index in [1.54, 1.807) is 11.3 Å². The van der Waals surface area contributed by atoms with E-state index in [1.807, 2.05) is 30.3 Å². The van der Waals surface area contributed by atoms with Gasteiger partial charge in [0.25, 0.3) is 5.88 Å². The third kappa shape index (κ3) is 3.57. The quantitative estimate of drug-likeness (QED) is 0.454. The number of halogens is 1. The minimum absolute atomic E-state index is 0.177. The number of thiophene rings is 1. The van der Waals surface area contributed by atoms with Crippen LogP contribution in [0.2, 0.25) is 5.02 Å². The van der Waals surface area contributed by atoms with Crippen LogP contribution in [0, 0.1) is 0 Å². The number of benzene rings is 2. The molecule has 2 heterocycles. The van der Waals surface area contributed by atoms with Gasteiger partial charge in [0.05, 0.1) is 6.42 Å². The van der Waals surface area contributed by atoms with Crippen molar-refractivity contribution < 1.29 is 13.9 Å². The van der Waals surface area contributed by atoms with Crippen molar-refractivity contribution in [3.05, 3.63) is 71.1 Å². The summed E-state index contributed by atoms with van der Waals surface area (Å²) in [7, 11) is 0. The predicted molar refractivity (Wildman–Crippen MR) is 98.1 cm³/mol. The molecule has 0 aliphatic carbocycles. The van der Waals surface area contributed by atoms with E-state index in [-0.39, 0.29) is 18.3 Å². The molecule has 0 bridgehead atoms. The van der Waals surface area contributed by atoms with E-state index in [9.17, 15) is 4.79 Å². The number of nitrogens with zero attached hydrogens (tertiary/aromatic N) is 1. The summed E-state index contributed by atoms with van der Waals surface area (Å²) in [6, 6.07) is 16.0. The zero-order valence-electron chi connectivity index (χ0n) is 12.9. The number of esters is 1. The van der Waals surface area contributed by atoms with E-state index < -0.39 is 0 Å². The molecule has 2 aromatic carbocycles. The Kier molecular flexibility index (Phi) is 4.26. The Labute approximate surface area is 152 Å². The van der Waals surface area contributed by atoms with Crippen molar-refractivity contribution in [3.63, 3.8) is 0 Å². The summed E-state index contributed by atoms with van der Waals surface area (Å²) in [5.41, 5.74) is 2.21. The van der Waals surface area contributed by atoms with E-state index in [0.29, 0.717) is 5.02 Å². The molecule has 4 nitrogen and oxygen atoms in total. The fourth-order valence-electron chi connectivity index (χ4n) is 2.55. The zero-order valence-corrected chi connectivity index (χ0v) is 14.5. The molecule has 2 aromatic heterocycles. The van der Waals surface area contributed by atoms with Gasteiger partial charge >= 0.3 is 5.97 Å². The molecule has 0 atom stereocenters. The van der Waals surface area contributed by atoms with E-state index in [0.717, 1.165) is 26.1 Å². The molecule has 0 aliphatic rings. The summed E-state index contributed by atoms with van der Waals surface area (Å²) >= 11 is 7.52. The van der Waals surface area contributed by atoms with Gasteiger partial charge in [0.1, 0.15) is 0 Å². The monoisotopic (exact) mass is 369 g/mol. The van der Waals surface area contributed by atoms with Crippen LogP contribution >= 0.6 is 22.9 Å². The van der Waals surface area contributed by atoms with Gasteiger partial charge in [-0.1, -0.05) is 29.8 Å². The first-order valence-electron chi connectivity index (χ1n) is 7.55.